The maximum absolute atomic E-state index is 12.9. The van der Waals surface area contributed by atoms with Gasteiger partial charge in [0.1, 0.15) is 11.5 Å². The van der Waals surface area contributed by atoms with E-state index in [9.17, 15) is 4.79 Å². The first-order chi connectivity index (χ1) is 13.7. The van der Waals surface area contributed by atoms with Crippen LogP contribution in [0.15, 0.2) is 72.8 Å². The summed E-state index contributed by atoms with van der Waals surface area (Å²) < 4.78 is 17.1. The Bertz CT molecular complexity index is 954. The predicted octanol–water partition coefficient (Wildman–Crippen LogP) is 4.92. The van der Waals surface area contributed by atoms with E-state index in [0.717, 1.165) is 17.9 Å². The third-order valence-electron chi connectivity index (χ3n) is 4.50. The summed E-state index contributed by atoms with van der Waals surface area (Å²) >= 11 is 0. The minimum atomic E-state index is -0.118. The van der Waals surface area contributed by atoms with Crippen LogP contribution in [-0.2, 0) is 0 Å². The number of nitrogens with zero attached hydrogens (tertiary/aromatic N) is 1. The lowest BCUT2D eigenvalue weighted by Gasteiger charge is -2.18. The van der Waals surface area contributed by atoms with Gasteiger partial charge in [0.05, 0.1) is 13.2 Å². The Hall–Kier alpha value is -3.47. The first-order valence-electron chi connectivity index (χ1n) is 9.21. The van der Waals surface area contributed by atoms with E-state index in [0.29, 0.717) is 36.0 Å². The molecule has 0 spiro atoms. The zero-order chi connectivity index (χ0) is 19.3. The Labute approximate surface area is 164 Å². The van der Waals surface area contributed by atoms with Gasteiger partial charge in [-0.05, 0) is 54.6 Å². The maximum Gasteiger partial charge on any atom is 0.258 e. The molecular weight excluding hydrogens is 354 g/mol. The van der Waals surface area contributed by atoms with Crippen molar-refractivity contribution in [1.82, 2.24) is 0 Å². The van der Waals surface area contributed by atoms with Crippen molar-refractivity contribution in [3.8, 4) is 23.0 Å². The number of amides is 1. The van der Waals surface area contributed by atoms with E-state index in [1.54, 1.807) is 30.1 Å². The summed E-state index contributed by atoms with van der Waals surface area (Å²) in [7, 11) is 1.75. The van der Waals surface area contributed by atoms with E-state index in [-0.39, 0.29) is 5.91 Å². The molecule has 5 heteroatoms. The Morgan fingerprint density at radius 1 is 0.857 bits per heavy atom. The Morgan fingerprint density at radius 3 is 2.29 bits per heavy atom. The van der Waals surface area contributed by atoms with Crippen LogP contribution in [0.5, 0.6) is 23.0 Å². The summed E-state index contributed by atoms with van der Waals surface area (Å²) in [6, 6.07) is 22.3. The molecule has 3 aromatic rings. The number of hydrogen-bond donors (Lipinski definition) is 0. The van der Waals surface area contributed by atoms with Gasteiger partial charge in [-0.2, -0.15) is 0 Å². The fourth-order valence-electron chi connectivity index (χ4n) is 2.97. The molecule has 5 nitrogen and oxygen atoms in total. The molecule has 4 rings (SSSR count). The van der Waals surface area contributed by atoms with Crippen LogP contribution in [0, 0.1) is 0 Å². The Kier molecular flexibility index (Phi) is 5.15. The second-order valence-electron chi connectivity index (χ2n) is 6.49. The van der Waals surface area contributed by atoms with Crippen molar-refractivity contribution in [2.24, 2.45) is 0 Å². The number of fused-ring (bicyclic) bond motifs is 1. The standard InChI is InChI=1S/C23H21NO4/c1-24(18-9-11-20(12-10-18)28-19-6-3-2-4-7-19)23(25)17-8-13-21-22(16-17)27-15-5-14-26-21/h2-4,6-13,16H,5,14-15H2,1H3. The second-order valence-corrected chi connectivity index (χ2v) is 6.49. The third kappa shape index (κ3) is 3.93. The molecule has 0 atom stereocenters. The Balaban J connectivity index is 1.48. The van der Waals surface area contributed by atoms with Crippen LogP contribution in [0.25, 0.3) is 0 Å². The van der Waals surface area contributed by atoms with Crippen molar-refractivity contribution < 1.29 is 19.0 Å². The van der Waals surface area contributed by atoms with Gasteiger partial charge < -0.3 is 19.1 Å². The number of hydrogen-bond acceptors (Lipinski definition) is 4. The molecule has 0 radical (unpaired) electrons. The minimum absolute atomic E-state index is 0.118. The van der Waals surface area contributed by atoms with E-state index in [1.807, 2.05) is 54.6 Å². The topological polar surface area (TPSA) is 48.0 Å². The summed E-state index contributed by atoms with van der Waals surface area (Å²) in [4.78, 5) is 14.5. The number of carbonyl (C=O) groups excluding carboxylic acids is 1. The molecule has 0 aromatic heterocycles. The van der Waals surface area contributed by atoms with Crippen molar-refractivity contribution in [2.45, 2.75) is 6.42 Å². The van der Waals surface area contributed by atoms with Crippen molar-refractivity contribution in [3.63, 3.8) is 0 Å². The number of benzene rings is 3. The first kappa shape index (κ1) is 17.9. The van der Waals surface area contributed by atoms with E-state index in [1.165, 1.54) is 0 Å². The molecular formula is C23H21NO4. The Morgan fingerprint density at radius 2 is 1.54 bits per heavy atom. The fourth-order valence-corrected chi connectivity index (χ4v) is 2.97. The lowest BCUT2D eigenvalue weighted by molar-refractivity contribution is 0.0992. The highest BCUT2D eigenvalue weighted by atomic mass is 16.5. The average Bonchev–Trinajstić information content (AvgIpc) is 2.99. The molecule has 0 N–H and O–H groups in total. The molecule has 28 heavy (non-hydrogen) atoms. The summed E-state index contributed by atoms with van der Waals surface area (Å²) in [6.45, 7) is 1.21. The molecule has 0 fully saturated rings. The molecule has 142 valence electrons. The van der Waals surface area contributed by atoms with Crippen LogP contribution in [0.1, 0.15) is 16.8 Å². The zero-order valence-corrected chi connectivity index (χ0v) is 15.6. The fraction of sp³-hybridized carbons (Fsp3) is 0.174. The number of anilines is 1. The van der Waals surface area contributed by atoms with Crippen molar-refractivity contribution in [3.05, 3.63) is 78.4 Å². The monoisotopic (exact) mass is 375 g/mol. The number of ether oxygens (including phenoxy) is 3. The van der Waals surface area contributed by atoms with Gasteiger partial charge >= 0.3 is 0 Å². The quantitative estimate of drug-likeness (QED) is 0.650. The predicted molar refractivity (Wildman–Crippen MR) is 108 cm³/mol. The van der Waals surface area contributed by atoms with Crippen molar-refractivity contribution in [2.75, 3.05) is 25.2 Å². The second kappa shape index (κ2) is 8.05. The molecule has 0 unspecified atom stereocenters. The van der Waals surface area contributed by atoms with Crippen LogP contribution in [0.4, 0.5) is 5.69 Å². The summed E-state index contributed by atoms with van der Waals surface area (Å²) in [5, 5.41) is 0. The molecule has 0 saturated carbocycles. The van der Waals surface area contributed by atoms with E-state index >= 15 is 0 Å². The summed E-state index contributed by atoms with van der Waals surface area (Å²) in [6.07, 6.45) is 0.829. The van der Waals surface area contributed by atoms with Crippen molar-refractivity contribution >= 4 is 11.6 Å². The van der Waals surface area contributed by atoms with Crippen LogP contribution >= 0.6 is 0 Å². The van der Waals surface area contributed by atoms with E-state index < -0.39 is 0 Å². The smallest absolute Gasteiger partial charge is 0.258 e. The van der Waals surface area contributed by atoms with E-state index in [2.05, 4.69) is 0 Å². The summed E-state index contributed by atoms with van der Waals surface area (Å²) in [5.41, 5.74) is 1.33. The third-order valence-corrected chi connectivity index (χ3v) is 4.50. The van der Waals surface area contributed by atoms with Gasteiger partial charge in [-0.3, -0.25) is 4.79 Å². The van der Waals surface area contributed by atoms with Gasteiger partial charge in [0.2, 0.25) is 0 Å². The van der Waals surface area contributed by atoms with Crippen LogP contribution in [0.2, 0.25) is 0 Å². The number of carbonyl (C=O) groups is 1. The van der Waals surface area contributed by atoms with Crippen LogP contribution in [0.3, 0.4) is 0 Å². The van der Waals surface area contributed by atoms with Gasteiger partial charge in [0.15, 0.2) is 11.5 Å². The molecule has 1 heterocycles. The number of rotatable bonds is 4. The van der Waals surface area contributed by atoms with Gasteiger partial charge in [-0.1, -0.05) is 18.2 Å². The van der Waals surface area contributed by atoms with Gasteiger partial charge in [-0.15, -0.1) is 0 Å². The first-order valence-corrected chi connectivity index (χ1v) is 9.21. The molecule has 1 aliphatic rings. The molecule has 3 aromatic carbocycles. The van der Waals surface area contributed by atoms with Gasteiger partial charge in [0, 0.05) is 24.7 Å². The van der Waals surface area contributed by atoms with Crippen molar-refractivity contribution in [1.29, 1.82) is 0 Å². The number of para-hydroxylation sites is 1. The SMILES string of the molecule is CN(C(=O)c1ccc2c(c1)OCCCO2)c1ccc(Oc2ccccc2)cc1. The largest absolute Gasteiger partial charge is 0.490 e. The highest BCUT2D eigenvalue weighted by Gasteiger charge is 2.18. The lowest BCUT2D eigenvalue weighted by Crippen LogP contribution is -2.26. The molecule has 1 amide bonds. The molecule has 0 bridgehead atoms. The van der Waals surface area contributed by atoms with Gasteiger partial charge in [-0.25, -0.2) is 0 Å². The molecule has 0 saturated heterocycles. The van der Waals surface area contributed by atoms with Gasteiger partial charge in [0.25, 0.3) is 5.91 Å². The maximum atomic E-state index is 12.9. The van der Waals surface area contributed by atoms with Crippen LogP contribution in [-0.4, -0.2) is 26.2 Å². The highest BCUT2D eigenvalue weighted by molar-refractivity contribution is 6.06. The van der Waals surface area contributed by atoms with Crippen LogP contribution < -0.4 is 19.1 Å². The normalized spacial score (nSPS) is 12.8. The average molecular weight is 375 g/mol. The zero-order valence-electron chi connectivity index (χ0n) is 15.6. The highest BCUT2D eigenvalue weighted by Crippen LogP contribution is 2.31. The minimum Gasteiger partial charge on any atom is -0.490 e. The van der Waals surface area contributed by atoms with E-state index in [4.69, 9.17) is 14.2 Å². The molecule has 1 aliphatic heterocycles. The summed E-state index contributed by atoms with van der Waals surface area (Å²) in [5.74, 6) is 2.66. The molecule has 0 aliphatic carbocycles. The lowest BCUT2D eigenvalue weighted by atomic mass is 10.1.